The molecule has 0 aliphatic heterocycles. The van der Waals surface area contributed by atoms with Crippen LogP contribution >= 0.6 is 0 Å². The van der Waals surface area contributed by atoms with Crippen LogP contribution in [0.15, 0.2) is 0 Å². The van der Waals surface area contributed by atoms with Gasteiger partial charge in [-0.05, 0) is 26.7 Å². The molecule has 1 aliphatic rings. The minimum atomic E-state index is 0.284. The van der Waals surface area contributed by atoms with Gasteiger partial charge >= 0.3 is 0 Å². The molecule has 3 nitrogen and oxygen atoms in total. The molecule has 3 atom stereocenters. The van der Waals surface area contributed by atoms with E-state index in [1.165, 1.54) is 6.42 Å². The van der Waals surface area contributed by atoms with Gasteiger partial charge in [-0.15, -0.1) is 0 Å². The maximum atomic E-state index is 5.73. The average Bonchev–Trinajstić information content (AvgIpc) is 2.31. The Bertz CT molecular complexity index is 218. The Kier molecular flexibility index (Phi) is 5.90. The van der Waals surface area contributed by atoms with E-state index >= 15 is 0 Å². The molecule has 0 radical (unpaired) electrons. The lowest BCUT2D eigenvalue weighted by Crippen LogP contribution is -2.61. The van der Waals surface area contributed by atoms with Crippen molar-refractivity contribution in [3.8, 4) is 0 Å². The highest BCUT2D eigenvalue weighted by molar-refractivity contribution is 5.02. The fourth-order valence-electron chi connectivity index (χ4n) is 2.43. The zero-order valence-electron chi connectivity index (χ0n) is 12.2. The molecule has 2 N–H and O–H groups in total. The largest absolute Gasteiger partial charge is 0.378 e. The molecule has 3 unspecified atom stereocenters. The van der Waals surface area contributed by atoms with Crippen LogP contribution in [0.3, 0.4) is 0 Å². The Morgan fingerprint density at radius 2 is 2.00 bits per heavy atom. The number of ether oxygens (including phenoxy) is 1. The van der Waals surface area contributed by atoms with E-state index in [1.54, 1.807) is 0 Å². The van der Waals surface area contributed by atoms with Crippen molar-refractivity contribution in [1.29, 1.82) is 0 Å². The number of hydrogen-bond donors (Lipinski definition) is 2. The predicted octanol–water partition coefficient (Wildman–Crippen LogP) is 2.17. The third-order valence-electron chi connectivity index (χ3n) is 4.17. The normalized spacial score (nSPS) is 28.8. The molecule has 0 heterocycles. The summed E-state index contributed by atoms with van der Waals surface area (Å²) in [5.74, 6) is 0. The van der Waals surface area contributed by atoms with Crippen molar-refractivity contribution in [1.82, 2.24) is 10.6 Å². The Labute approximate surface area is 107 Å². The van der Waals surface area contributed by atoms with Crippen LogP contribution in [0, 0.1) is 5.41 Å². The van der Waals surface area contributed by atoms with Crippen LogP contribution in [0.1, 0.15) is 47.5 Å². The van der Waals surface area contributed by atoms with Crippen LogP contribution in [-0.2, 0) is 4.74 Å². The zero-order valence-corrected chi connectivity index (χ0v) is 12.2. The van der Waals surface area contributed by atoms with Gasteiger partial charge in [0, 0.05) is 37.2 Å². The van der Waals surface area contributed by atoms with Crippen molar-refractivity contribution in [2.45, 2.75) is 65.6 Å². The van der Waals surface area contributed by atoms with Crippen LogP contribution in [0.25, 0.3) is 0 Å². The lowest BCUT2D eigenvalue weighted by Gasteiger charge is -2.52. The van der Waals surface area contributed by atoms with Crippen LogP contribution in [0.5, 0.6) is 0 Å². The standard InChI is InChI=1S/C14H30N2O/c1-6-11(3)15-8-9-16-12-10-13(17-7-2)14(12,4)5/h11-13,15-16H,6-10H2,1-5H3. The van der Waals surface area contributed by atoms with Crippen molar-refractivity contribution in [2.75, 3.05) is 19.7 Å². The second-order valence-corrected chi connectivity index (χ2v) is 5.77. The van der Waals surface area contributed by atoms with Crippen molar-refractivity contribution in [3.05, 3.63) is 0 Å². The Morgan fingerprint density at radius 3 is 2.53 bits per heavy atom. The van der Waals surface area contributed by atoms with Gasteiger partial charge in [0.2, 0.25) is 0 Å². The van der Waals surface area contributed by atoms with Gasteiger partial charge in [0.05, 0.1) is 6.10 Å². The quantitative estimate of drug-likeness (QED) is 0.640. The predicted molar refractivity (Wildman–Crippen MR) is 73.4 cm³/mol. The molecule has 0 aromatic carbocycles. The van der Waals surface area contributed by atoms with E-state index in [9.17, 15) is 0 Å². The smallest absolute Gasteiger partial charge is 0.0655 e. The summed E-state index contributed by atoms with van der Waals surface area (Å²) in [7, 11) is 0. The van der Waals surface area contributed by atoms with Crippen LogP contribution in [0.2, 0.25) is 0 Å². The van der Waals surface area contributed by atoms with Gasteiger partial charge in [-0.2, -0.15) is 0 Å². The lowest BCUT2D eigenvalue weighted by molar-refractivity contribution is -0.113. The van der Waals surface area contributed by atoms with Gasteiger partial charge in [-0.3, -0.25) is 0 Å². The molecule has 0 bridgehead atoms. The van der Waals surface area contributed by atoms with Crippen LogP contribution in [-0.4, -0.2) is 37.9 Å². The molecule has 0 amide bonds. The first-order chi connectivity index (χ1) is 8.02. The Balaban J connectivity index is 2.13. The van der Waals surface area contributed by atoms with Gasteiger partial charge in [0.1, 0.15) is 0 Å². The van der Waals surface area contributed by atoms with Crippen molar-refractivity contribution in [3.63, 3.8) is 0 Å². The van der Waals surface area contributed by atoms with E-state index in [1.807, 2.05) is 0 Å². The first-order valence-corrected chi connectivity index (χ1v) is 7.10. The average molecular weight is 242 g/mol. The SMILES string of the molecule is CCOC1CC(NCCNC(C)CC)C1(C)C. The fourth-order valence-corrected chi connectivity index (χ4v) is 2.43. The monoisotopic (exact) mass is 242 g/mol. The van der Waals surface area contributed by atoms with E-state index in [-0.39, 0.29) is 5.41 Å². The molecule has 1 fully saturated rings. The fraction of sp³-hybridized carbons (Fsp3) is 1.00. The molecule has 0 aromatic rings. The van der Waals surface area contributed by atoms with E-state index in [0.717, 1.165) is 26.1 Å². The van der Waals surface area contributed by atoms with Gasteiger partial charge in [-0.1, -0.05) is 20.8 Å². The number of nitrogens with one attached hydrogen (secondary N) is 2. The van der Waals surface area contributed by atoms with Crippen LogP contribution < -0.4 is 10.6 Å². The molecule has 0 spiro atoms. The maximum Gasteiger partial charge on any atom is 0.0655 e. The lowest BCUT2D eigenvalue weighted by atomic mass is 9.64. The minimum absolute atomic E-state index is 0.284. The molecule has 17 heavy (non-hydrogen) atoms. The molecule has 3 heteroatoms. The van der Waals surface area contributed by atoms with Crippen molar-refractivity contribution in [2.24, 2.45) is 5.41 Å². The summed E-state index contributed by atoms with van der Waals surface area (Å²) >= 11 is 0. The Hall–Kier alpha value is -0.120. The molecule has 1 aliphatic carbocycles. The minimum Gasteiger partial charge on any atom is -0.378 e. The second kappa shape index (κ2) is 6.72. The number of rotatable bonds is 8. The summed E-state index contributed by atoms with van der Waals surface area (Å²) in [6, 6.07) is 1.24. The van der Waals surface area contributed by atoms with Gasteiger partial charge < -0.3 is 15.4 Å². The molecule has 1 rings (SSSR count). The second-order valence-electron chi connectivity index (χ2n) is 5.77. The molecular weight excluding hydrogens is 212 g/mol. The summed E-state index contributed by atoms with van der Waals surface area (Å²) in [4.78, 5) is 0. The molecule has 1 saturated carbocycles. The number of hydrogen-bond acceptors (Lipinski definition) is 3. The topological polar surface area (TPSA) is 33.3 Å². The summed E-state index contributed by atoms with van der Waals surface area (Å²) in [6.07, 6.45) is 2.79. The van der Waals surface area contributed by atoms with E-state index < -0.39 is 0 Å². The third kappa shape index (κ3) is 3.94. The summed E-state index contributed by atoms with van der Waals surface area (Å²) < 4.78 is 5.73. The maximum absolute atomic E-state index is 5.73. The summed E-state index contributed by atoms with van der Waals surface area (Å²) in [6.45, 7) is 14.1. The molecule has 0 aromatic heterocycles. The van der Waals surface area contributed by atoms with Gasteiger partial charge in [-0.25, -0.2) is 0 Å². The zero-order chi connectivity index (χ0) is 12.9. The van der Waals surface area contributed by atoms with E-state index in [4.69, 9.17) is 4.74 Å². The highest BCUT2D eigenvalue weighted by atomic mass is 16.5. The van der Waals surface area contributed by atoms with Crippen molar-refractivity contribution >= 4 is 0 Å². The van der Waals surface area contributed by atoms with Crippen molar-refractivity contribution < 1.29 is 4.74 Å². The summed E-state index contributed by atoms with van der Waals surface area (Å²) in [5.41, 5.74) is 0.284. The molecule has 102 valence electrons. The highest BCUT2D eigenvalue weighted by Gasteiger charge is 2.48. The van der Waals surface area contributed by atoms with E-state index in [2.05, 4.69) is 45.3 Å². The molecule has 0 saturated heterocycles. The van der Waals surface area contributed by atoms with Gasteiger partial charge in [0.25, 0.3) is 0 Å². The Morgan fingerprint density at radius 1 is 1.29 bits per heavy atom. The van der Waals surface area contributed by atoms with E-state index in [0.29, 0.717) is 18.2 Å². The summed E-state index contributed by atoms with van der Waals surface area (Å²) in [5, 5.41) is 7.14. The third-order valence-corrected chi connectivity index (χ3v) is 4.17. The van der Waals surface area contributed by atoms with Gasteiger partial charge in [0.15, 0.2) is 0 Å². The highest BCUT2D eigenvalue weighted by Crippen LogP contribution is 2.42. The van der Waals surface area contributed by atoms with Crippen LogP contribution in [0.4, 0.5) is 0 Å². The first kappa shape index (κ1) is 14.9. The first-order valence-electron chi connectivity index (χ1n) is 7.10. The molecular formula is C14H30N2O.